The van der Waals surface area contributed by atoms with Crippen LogP contribution >= 0.6 is 0 Å². The molecule has 3 N–H and O–H groups in total. The van der Waals surface area contributed by atoms with Crippen LogP contribution in [0.1, 0.15) is 16.7 Å². The van der Waals surface area contributed by atoms with Gasteiger partial charge in [-0.2, -0.15) is 0 Å². The number of carbonyl (C=O) groups is 1. The van der Waals surface area contributed by atoms with Gasteiger partial charge in [-0.1, -0.05) is 36.4 Å². The van der Waals surface area contributed by atoms with Crippen molar-refractivity contribution in [3.8, 4) is 5.75 Å². The van der Waals surface area contributed by atoms with Gasteiger partial charge in [-0.3, -0.25) is 4.79 Å². The Morgan fingerprint density at radius 3 is 2.52 bits per heavy atom. The van der Waals surface area contributed by atoms with Crippen molar-refractivity contribution in [3.63, 3.8) is 0 Å². The van der Waals surface area contributed by atoms with Crippen molar-refractivity contribution in [1.82, 2.24) is 10.2 Å². The van der Waals surface area contributed by atoms with Crippen molar-refractivity contribution >= 4 is 11.9 Å². The number of hydrogen-bond acceptors (Lipinski definition) is 3. The molecule has 1 heterocycles. The highest BCUT2D eigenvalue weighted by molar-refractivity contribution is 5.85. The van der Waals surface area contributed by atoms with Crippen molar-refractivity contribution in [3.05, 3.63) is 65.2 Å². The lowest BCUT2D eigenvalue weighted by Crippen LogP contribution is -2.44. The van der Waals surface area contributed by atoms with Crippen molar-refractivity contribution in [2.45, 2.75) is 25.9 Å². The Bertz CT molecular complexity index is 882. The Hall–Kier alpha value is -3.23. The van der Waals surface area contributed by atoms with Gasteiger partial charge in [0, 0.05) is 13.1 Å². The molecule has 1 aliphatic rings. The minimum atomic E-state index is -4.73. The highest BCUT2D eigenvalue weighted by atomic mass is 19.4. The molecule has 2 aromatic rings. The molecule has 1 aliphatic heterocycles. The van der Waals surface area contributed by atoms with Crippen LogP contribution in [0.5, 0.6) is 5.75 Å². The number of aliphatic imine (C=N–C) groups is 1. The lowest BCUT2D eigenvalue weighted by Gasteiger charge is -2.29. The van der Waals surface area contributed by atoms with Crippen LogP contribution in [-0.2, 0) is 24.3 Å². The summed E-state index contributed by atoms with van der Waals surface area (Å²) in [7, 11) is 0. The van der Waals surface area contributed by atoms with Gasteiger partial charge in [-0.25, -0.2) is 4.99 Å². The molecule has 154 valence electrons. The van der Waals surface area contributed by atoms with E-state index in [-0.39, 0.29) is 30.7 Å². The summed E-state index contributed by atoms with van der Waals surface area (Å²) in [5, 5.41) is 2.78. The number of benzene rings is 2. The third-order valence-electron chi connectivity index (χ3n) is 4.49. The summed E-state index contributed by atoms with van der Waals surface area (Å²) in [5.74, 6) is -0.289. The SMILES string of the molecule is NC(=NCc1ccc(OC(F)(F)F)cc1)NCC(=O)N1CCc2ccccc2C1. The van der Waals surface area contributed by atoms with Crippen molar-refractivity contribution in [1.29, 1.82) is 0 Å². The highest BCUT2D eigenvalue weighted by Gasteiger charge is 2.30. The predicted molar refractivity (Wildman–Crippen MR) is 102 cm³/mol. The molecule has 3 rings (SSSR count). The fraction of sp³-hybridized carbons (Fsp3) is 0.300. The molecule has 0 aromatic heterocycles. The van der Waals surface area contributed by atoms with Crippen LogP contribution in [0.3, 0.4) is 0 Å². The molecule has 1 amide bonds. The summed E-state index contributed by atoms with van der Waals surface area (Å²) in [6.07, 6.45) is -3.91. The van der Waals surface area contributed by atoms with Gasteiger partial charge < -0.3 is 20.7 Å². The van der Waals surface area contributed by atoms with Crippen molar-refractivity contribution in [2.75, 3.05) is 13.1 Å². The van der Waals surface area contributed by atoms with Crippen LogP contribution < -0.4 is 15.8 Å². The number of ether oxygens (including phenoxy) is 1. The van der Waals surface area contributed by atoms with Crippen molar-refractivity contribution in [2.24, 2.45) is 10.7 Å². The van der Waals surface area contributed by atoms with E-state index in [1.165, 1.54) is 29.8 Å². The molecule has 0 saturated carbocycles. The van der Waals surface area contributed by atoms with E-state index in [1.807, 2.05) is 18.2 Å². The summed E-state index contributed by atoms with van der Waals surface area (Å²) in [6, 6.07) is 13.4. The molecule has 9 heteroatoms. The van der Waals surface area contributed by atoms with E-state index in [0.29, 0.717) is 18.7 Å². The lowest BCUT2D eigenvalue weighted by atomic mass is 10.00. The van der Waals surface area contributed by atoms with Crippen molar-refractivity contribution < 1.29 is 22.7 Å². The molecule has 0 radical (unpaired) electrons. The van der Waals surface area contributed by atoms with E-state index in [2.05, 4.69) is 21.1 Å². The number of guanidine groups is 1. The summed E-state index contributed by atoms with van der Waals surface area (Å²) in [6.45, 7) is 1.41. The monoisotopic (exact) mass is 406 g/mol. The van der Waals surface area contributed by atoms with Gasteiger partial charge in [0.2, 0.25) is 5.91 Å². The first-order valence-corrected chi connectivity index (χ1v) is 9.03. The first-order valence-electron chi connectivity index (χ1n) is 9.03. The summed E-state index contributed by atoms with van der Waals surface area (Å²) < 4.78 is 40.3. The summed E-state index contributed by atoms with van der Waals surface area (Å²) in [5.41, 5.74) is 8.85. The smallest absolute Gasteiger partial charge is 0.406 e. The van der Waals surface area contributed by atoms with Gasteiger partial charge in [-0.15, -0.1) is 13.2 Å². The first kappa shape index (κ1) is 20.5. The normalized spacial score (nSPS) is 14.3. The fourth-order valence-corrected chi connectivity index (χ4v) is 3.02. The molecule has 6 nitrogen and oxygen atoms in total. The second-order valence-corrected chi connectivity index (χ2v) is 6.58. The number of nitrogens with two attached hydrogens (primary N) is 1. The van der Waals surface area contributed by atoms with Crippen LogP contribution in [-0.4, -0.2) is 36.2 Å². The molecule has 0 unspecified atom stereocenters. The highest BCUT2D eigenvalue weighted by Crippen LogP contribution is 2.23. The van der Waals surface area contributed by atoms with E-state index in [0.717, 1.165) is 12.0 Å². The van der Waals surface area contributed by atoms with Crippen LogP contribution in [0.2, 0.25) is 0 Å². The largest absolute Gasteiger partial charge is 0.573 e. The molecule has 0 bridgehead atoms. The Kier molecular flexibility index (Phi) is 6.26. The molecule has 0 spiro atoms. The van der Waals surface area contributed by atoms with Crippen LogP contribution in [0, 0.1) is 0 Å². The number of rotatable bonds is 5. The number of alkyl halides is 3. The topological polar surface area (TPSA) is 80.0 Å². The average molecular weight is 406 g/mol. The molecule has 0 saturated heterocycles. The summed E-state index contributed by atoms with van der Waals surface area (Å²) >= 11 is 0. The summed E-state index contributed by atoms with van der Waals surface area (Å²) in [4.78, 5) is 18.3. The van der Waals surface area contributed by atoms with Gasteiger partial charge in [0.15, 0.2) is 5.96 Å². The van der Waals surface area contributed by atoms with Gasteiger partial charge in [0.25, 0.3) is 0 Å². The third-order valence-corrected chi connectivity index (χ3v) is 4.49. The second kappa shape index (κ2) is 8.85. The Labute approximate surface area is 166 Å². The number of amides is 1. The first-order chi connectivity index (χ1) is 13.8. The molecular weight excluding hydrogens is 385 g/mol. The predicted octanol–water partition coefficient (Wildman–Crippen LogP) is 2.57. The van der Waals surface area contributed by atoms with E-state index < -0.39 is 6.36 Å². The zero-order chi connectivity index (χ0) is 20.9. The number of nitrogens with one attached hydrogen (secondary N) is 1. The quantitative estimate of drug-likeness (QED) is 0.591. The van der Waals surface area contributed by atoms with E-state index in [1.54, 1.807) is 4.90 Å². The second-order valence-electron chi connectivity index (χ2n) is 6.58. The van der Waals surface area contributed by atoms with Gasteiger partial charge in [0.1, 0.15) is 5.75 Å². The van der Waals surface area contributed by atoms with E-state index >= 15 is 0 Å². The molecule has 29 heavy (non-hydrogen) atoms. The Morgan fingerprint density at radius 2 is 1.83 bits per heavy atom. The maximum atomic E-state index is 12.4. The van der Waals surface area contributed by atoms with Gasteiger partial charge in [-0.05, 0) is 35.2 Å². The van der Waals surface area contributed by atoms with E-state index in [4.69, 9.17) is 5.73 Å². The molecule has 0 atom stereocenters. The fourth-order valence-electron chi connectivity index (χ4n) is 3.02. The number of hydrogen-bond donors (Lipinski definition) is 2. The lowest BCUT2D eigenvalue weighted by molar-refractivity contribution is -0.274. The average Bonchev–Trinajstić information content (AvgIpc) is 2.70. The molecule has 0 aliphatic carbocycles. The third kappa shape index (κ3) is 6.13. The van der Waals surface area contributed by atoms with E-state index in [9.17, 15) is 18.0 Å². The van der Waals surface area contributed by atoms with Crippen LogP contribution in [0.4, 0.5) is 13.2 Å². The minimum absolute atomic E-state index is 0.0237. The zero-order valence-corrected chi connectivity index (χ0v) is 15.6. The maximum absolute atomic E-state index is 12.4. The number of fused-ring (bicyclic) bond motifs is 1. The zero-order valence-electron chi connectivity index (χ0n) is 15.6. The molecule has 2 aromatic carbocycles. The Morgan fingerprint density at radius 1 is 1.14 bits per heavy atom. The van der Waals surface area contributed by atoms with Gasteiger partial charge >= 0.3 is 6.36 Å². The number of nitrogens with zero attached hydrogens (tertiary/aromatic N) is 2. The molecular formula is C20H21F3N4O2. The Balaban J connectivity index is 1.46. The number of carbonyl (C=O) groups excluding carboxylic acids is 1. The van der Waals surface area contributed by atoms with Crippen LogP contribution in [0.15, 0.2) is 53.5 Å². The maximum Gasteiger partial charge on any atom is 0.573 e. The minimum Gasteiger partial charge on any atom is -0.406 e. The van der Waals surface area contributed by atoms with Crippen LogP contribution in [0.25, 0.3) is 0 Å². The van der Waals surface area contributed by atoms with Gasteiger partial charge in [0.05, 0.1) is 13.1 Å². The molecule has 0 fully saturated rings. The standard InChI is InChI=1S/C20H21F3N4O2/c21-20(22,23)29-17-7-5-14(6-8-17)11-25-19(24)26-12-18(28)27-10-9-15-3-1-2-4-16(15)13-27/h1-8H,9-13H2,(H3,24,25,26). The number of halogens is 3.